The number of ether oxygens (including phenoxy) is 2. The average molecular weight is 379 g/mol. The van der Waals surface area contributed by atoms with Gasteiger partial charge in [-0.3, -0.25) is 0 Å². The molecule has 0 saturated carbocycles. The predicted molar refractivity (Wildman–Crippen MR) is 111 cm³/mol. The Hall–Kier alpha value is -2.43. The Balaban J connectivity index is 1.83. The third-order valence-electron chi connectivity index (χ3n) is 4.16. The first-order valence-corrected chi connectivity index (χ1v) is 9.90. The van der Waals surface area contributed by atoms with Crippen LogP contribution < -0.4 is 9.47 Å². The van der Waals surface area contributed by atoms with Crippen molar-refractivity contribution < 1.29 is 9.47 Å². The molecule has 2 nitrogen and oxygen atoms in total. The van der Waals surface area contributed by atoms with Crippen molar-refractivity contribution in [2.45, 2.75) is 9.79 Å². The second-order valence-corrected chi connectivity index (χ2v) is 7.88. The summed E-state index contributed by atoms with van der Waals surface area (Å²) in [5, 5.41) is 1.29. The van der Waals surface area contributed by atoms with Gasteiger partial charge in [0.25, 0.3) is 0 Å². The van der Waals surface area contributed by atoms with Crippen LogP contribution in [0.3, 0.4) is 0 Å². The first-order chi connectivity index (χ1) is 12.8. The van der Waals surface area contributed by atoms with Gasteiger partial charge in [0, 0.05) is 24.8 Å². The molecule has 4 rings (SSSR count). The molecule has 4 heteroatoms. The van der Waals surface area contributed by atoms with Gasteiger partial charge in [0.1, 0.15) is 0 Å². The Labute approximate surface area is 161 Å². The molecule has 0 unspecified atom stereocenters. The zero-order chi connectivity index (χ0) is 17.9. The molecule has 0 saturated heterocycles. The second kappa shape index (κ2) is 7.44. The summed E-state index contributed by atoms with van der Waals surface area (Å²) in [4.78, 5) is 3.71. The predicted octanol–water partition coefficient (Wildman–Crippen LogP) is 6.74. The summed E-state index contributed by atoms with van der Waals surface area (Å²) in [6.07, 6.45) is 0. The maximum atomic E-state index is 5.46. The van der Waals surface area contributed by atoms with Gasteiger partial charge in [-0.1, -0.05) is 60.3 Å². The monoisotopic (exact) mass is 378 g/mol. The number of methoxy groups -OCH3 is 2. The maximum absolute atomic E-state index is 5.46. The van der Waals surface area contributed by atoms with E-state index in [9.17, 15) is 0 Å². The molecule has 0 radical (unpaired) electrons. The molecule has 1 heterocycles. The number of hydrogen-bond acceptors (Lipinski definition) is 4. The van der Waals surface area contributed by atoms with E-state index in [-0.39, 0.29) is 0 Å². The third-order valence-corrected chi connectivity index (χ3v) is 6.63. The van der Waals surface area contributed by atoms with Crippen molar-refractivity contribution in [1.82, 2.24) is 0 Å². The minimum absolute atomic E-state index is 0.746. The van der Waals surface area contributed by atoms with E-state index in [4.69, 9.17) is 9.47 Å². The number of fused-ring (bicyclic) bond motifs is 1. The second-order valence-electron chi connectivity index (χ2n) is 5.74. The van der Waals surface area contributed by atoms with Gasteiger partial charge in [-0.05, 0) is 29.8 Å². The van der Waals surface area contributed by atoms with E-state index in [0.717, 1.165) is 16.4 Å². The van der Waals surface area contributed by atoms with E-state index in [1.54, 1.807) is 26.0 Å². The van der Waals surface area contributed by atoms with Crippen LogP contribution >= 0.6 is 23.1 Å². The van der Waals surface area contributed by atoms with Gasteiger partial charge < -0.3 is 9.47 Å². The van der Waals surface area contributed by atoms with Crippen molar-refractivity contribution in [3.63, 3.8) is 0 Å². The molecule has 0 aliphatic carbocycles. The van der Waals surface area contributed by atoms with Crippen LogP contribution in [-0.2, 0) is 0 Å². The highest BCUT2D eigenvalue weighted by atomic mass is 32.2. The van der Waals surface area contributed by atoms with Crippen molar-refractivity contribution in [3.8, 4) is 21.9 Å². The van der Waals surface area contributed by atoms with Crippen LogP contribution in [0.15, 0.2) is 82.6 Å². The summed E-state index contributed by atoms with van der Waals surface area (Å²) in [5.41, 5.74) is 1.25. The molecule has 0 bridgehead atoms. The highest BCUT2D eigenvalue weighted by molar-refractivity contribution is 8.00. The molecule has 0 spiro atoms. The fraction of sp³-hybridized carbons (Fsp3) is 0.0909. The molecule has 0 amide bonds. The van der Waals surface area contributed by atoms with Crippen LogP contribution in [0.25, 0.3) is 20.5 Å². The van der Waals surface area contributed by atoms with E-state index >= 15 is 0 Å². The van der Waals surface area contributed by atoms with Crippen molar-refractivity contribution in [1.29, 1.82) is 0 Å². The highest BCUT2D eigenvalue weighted by Gasteiger charge is 2.16. The number of thiophene rings is 1. The van der Waals surface area contributed by atoms with Crippen LogP contribution in [0.2, 0.25) is 0 Å². The number of rotatable bonds is 5. The summed E-state index contributed by atoms with van der Waals surface area (Å²) in [6.45, 7) is 0. The fourth-order valence-corrected chi connectivity index (χ4v) is 5.35. The summed E-state index contributed by atoms with van der Waals surface area (Å²) < 4.78 is 12.1. The molecule has 130 valence electrons. The van der Waals surface area contributed by atoms with Gasteiger partial charge in [0.15, 0.2) is 11.5 Å². The van der Waals surface area contributed by atoms with Gasteiger partial charge in [0.05, 0.1) is 14.2 Å². The SMILES string of the molecule is COc1ccc(Sc2c(-c3ccccc3)sc3ccccc23)cc1OC. The molecule has 0 fully saturated rings. The zero-order valence-corrected chi connectivity index (χ0v) is 16.2. The van der Waals surface area contributed by atoms with Crippen LogP contribution in [0.5, 0.6) is 11.5 Å². The van der Waals surface area contributed by atoms with E-state index in [1.165, 1.54) is 25.4 Å². The van der Waals surface area contributed by atoms with Gasteiger partial charge in [0.2, 0.25) is 0 Å². The lowest BCUT2D eigenvalue weighted by Gasteiger charge is -2.10. The van der Waals surface area contributed by atoms with Gasteiger partial charge >= 0.3 is 0 Å². The quantitative estimate of drug-likeness (QED) is 0.383. The lowest BCUT2D eigenvalue weighted by molar-refractivity contribution is 0.354. The molecule has 0 aliphatic heterocycles. The Morgan fingerprint density at radius 3 is 2.27 bits per heavy atom. The zero-order valence-electron chi connectivity index (χ0n) is 14.6. The van der Waals surface area contributed by atoms with Gasteiger partial charge in [-0.15, -0.1) is 11.3 Å². The highest BCUT2D eigenvalue weighted by Crippen LogP contribution is 2.47. The maximum Gasteiger partial charge on any atom is 0.161 e. The van der Waals surface area contributed by atoms with E-state index in [1.807, 2.05) is 23.5 Å². The lowest BCUT2D eigenvalue weighted by atomic mass is 10.1. The summed E-state index contributed by atoms with van der Waals surface area (Å²) in [5.74, 6) is 1.49. The molecule has 1 aromatic heterocycles. The molecule has 0 atom stereocenters. The molecule has 0 N–H and O–H groups in total. The molecule has 4 aromatic rings. The van der Waals surface area contributed by atoms with E-state index in [0.29, 0.717) is 0 Å². The normalized spacial score (nSPS) is 10.8. The van der Waals surface area contributed by atoms with Gasteiger partial charge in [-0.25, -0.2) is 0 Å². The summed E-state index contributed by atoms with van der Waals surface area (Å²) in [7, 11) is 3.33. The summed E-state index contributed by atoms with van der Waals surface area (Å²) in [6, 6.07) is 25.2. The van der Waals surface area contributed by atoms with Crippen LogP contribution in [0, 0.1) is 0 Å². The minimum atomic E-state index is 0.746. The van der Waals surface area contributed by atoms with Crippen LogP contribution in [0.1, 0.15) is 0 Å². The Morgan fingerprint density at radius 1 is 0.769 bits per heavy atom. The fourth-order valence-electron chi connectivity index (χ4n) is 2.90. The first-order valence-electron chi connectivity index (χ1n) is 8.27. The summed E-state index contributed by atoms with van der Waals surface area (Å²) >= 11 is 3.61. The molecule has 0 aliphatic rings. The van der Waals surface area contributed by atoms with Crippen LogP contribution in [0.4, 0.5) is 0 Å². The molecular weight excluding hydrogens is 360 g/mol. The van der Waals surface area contributed by atoms with Crippen LogP contribution in [-0.4, -0.2) is 14.2 Å². The topological polar surface area (TPSA) is 18.5 Å². The van der Waals surface area contributed by atoms with Crippen molar-refractivity contribution >= 4 is 33.2 Å². The largest absolute Gasteiger partial charge is 0.493 e. The third kappa shape index (κ3) is 3.18. The smallest absolute Gasteiger partial charge is 0.161 e. The molecular formula is C22H18O2S2. The number of hydrogen-bond donors (Lipinski definition) is 0. The van der Waals surface area contributed by atoms with Crippen molar-refractivity contribution in [3.05, 3.63) is 72.8 Å². The minimum Gasteiger partial charge on any atom is -0.493 e. The first kappa shape index (κ1) is 17.0. The molecule has 3 aromatic carbocycles. The lowest BCUT2D eigenvalue weighted by Crippen LogP contribution is -1.90. The standard InChI is InChI=1S/C22H18O2S2/c1-23-18-13-12-16(14-19(18)24-2)25-22-17-10-6-7-11-20(17)26-21(22)15-8-4-3-5-9-15/h3-14H,1-2H3. The Kier molecular flexibility index (Phi) is 4.87. The van der Waals surface area contributed by atoms with Crippen molar-refractivity contribution in [2.24, 2.45) is 0 Å². The van der Waals surface area contributed by atoms with Gasteiger partial charge in [-0.2, -0.15) is 0 Å². The Morgan fingerprint density at radius 2 is 1.50 bits per heavy atom. The van der Waals surface area contributed by atoms with Crippen molar-refractivity contribution in [2.75, 3.05) is 14.2 Å². The van der Waals surface area contributed by atoms with E-state index < -0.39 is 0 Å². The molecule has 26 heavy (non-hydrogen) atoms. The number of benzene rings is 3. The van der Waals surface area contributed by atoms with E-state index in [2.05, 4.69) is 60.7 Å². The Bertz CT molecular complexity index is 1040. The average Bonchev–Trinajstić information content (AvgIpc) is 3.07.